The number of para-hydroxylation sites is 1. The molecule has 9 heteroatoms. The second-order valence-electron chi connectivity index (χ2n) is 7.27. The summed E-state index contributed by atoms with van der Waals surface area (Å²) in [5, 5.41) is 10.6. The van der Waals surface area contributed by atoms with Crippen LogP contribution in [0.1, 0.15) is 12.0 Å². The number of allylic oxidation sites excluding steroid dienone is 1. The van der Waals surface area contributed by atoms with Crippen LogP contribution in [0.15, 0.2) is 40.0 Å². The van der Waals surface area contributed by atoms with Crippen molar-refractivity contribution in [3.63, 3.8) is 0 Å². The first-order valence-electron chi connectivity index (χ1n) is 9.74. The highest BCUT2D eigenvalue weighted by Gasteiger charge is 2.28. The van der Waals surface area contributed by atoms with Gasteiger partial charge in [0, 0.05) is 54.4 Å². The summed E-state index contributed by atoms with van der Waals surface area (Å²) in [7, 11) is -1.23. The first-order chi connectivity index (χ1) is 14.5. The van der Waals surface area contributed by atoms with Crippen LogP contribution < -0.4 is 10.5 Å². The Morgan fingerprint density at radius 2 is 1.97 bits per heavy atom. The number of hydrogen-bond acceptors (Lipinski definition) is 6. The van der Waals surface area contributed by atoms with E-state index < -0.39 is 16.4 Å². The monoisotopic (exact) mass is 442 g/mol. The van der Waals surface area contributed by atoms with Gasteiger partial charge in [-0.3, -0.25) is 18.4 Å². The maximum Gasteiger partial charge on any atom is 0.271 e. The van der Waals surface area contributed by atoms with Crippen LogP contribution in [0.4, 0.5) is 5.69 Å². The SMILES string of the molecule is CS(=O)Cn1c(=O)c(C#N)c(N2CCN(C(=O)C3=CCCS3)CC2)c2ccccc21. The third-order valence-electron chi connectivity index (χ3n) is 5.37. The summed E-state index contributed by atoms with van der Waals surface area (Å²) >= 11 is 1.60. The molecule has 0 radical (unpaired) electrons. The average Bonchev–Trinajstić information content (AvgIpc) is 3.29. The zero-order chi connectivity index (χ0) is 21.3. The van der Waals surface area contributed by atoms with Crippen LogP contribution in [0.25, 0.3) is 10.9 Å². The molecule has 2 aliphatic rings. The highest BCUT2D eigenvalue weighted by Crippen LogP contribution is 2.31. The molecule has 0 spiro atoms. The van der Waals surface area contributed by atoms with Gasteiger partial charge in [-0.2, -0.15) is 5.26 Å². The van der Waals surface area contributed by atoms with Gasteiger partial charge in [-0.15, -0.1) is 11.8 Å². The number of nitriles is 1. The number of amides is 1. The molecule has 1 amide bonds. The summed E-state index contributed by atoms with van der Waals surface area (Å²) in [6.45, 7) is 2.17. The lowest BCUT2D eigenvalue weighted by Crippen LogP contribution is -2.49. The predicted molar refractivity (Wildman–Crippen MR) is 121 cm³/mol. The number of fused-ring (bicyclic) bond motifs is 1. The van der Waals surface area contributed by atoms with Crippen molar-refractivity contribution in [2.75, 3.05) is 43.1 Å². The Labute approximate surface area is 181 Å². The fraction of sp³-hybridized carbons (Fsp3) is 0.381. The first kappa shape index (κ1) is 20.7. The number of rotatable bonds is 4. The maximum absolute atomic E-state index is 13.1. The molecule has 3 heterocycles. The van der Waals surface area contributed by atoms with Gasteiger partial charge < -0.3 is 9.80 Å². The molecule has 4 rings (SSSR count). The van der Waals surface area contributed by atoms with Gasteiger partial charge in [0.05, 0.1) is 16.1 Å². The molecule has 1 aromatic carbocycles. The Morgan fingerprint density at radius 3 is 2.60 bits per heavy atom. The van der Waals surface area contributed by atoms with E-state index in [0.717, 1.165) is 22.5 Å². The predicted octanol–water partition coefficient (Wildman–Crippen LogP) is 1.88. The van der Waals surface area contributed by atoms with E-state index in [9.17, 15) is 19.1 Å². The number of pyridine rings is 1. The molecule has 30 heavy (non-hydrogen) atoms. The quantitative estimate of drug-likeness (QED) is 0.719. The van der Waals surface area contributed by atoms with E-state index in [1.54, 1.807) is 11.8 Å². The van der Waals surface area contributed by atoms with Gasteiger partial charge in [0.25, 0.3) is 11.5 Å². The normalized spacial score (nSPS) is 17.7. The number of aromatic nitrogens is 1. The molecule has 1 atom stereocenters. The third kappa shape index (κ3) is 3.77. The summed E-state index contributed by atoms with van der Waals surface area (Å²) in [4.78, 5) is 30.4. The molecule has 1 aromatic heterocycles. The van der Waals surface area contributed by atoms with Crippen molar-refractivity contribution in [2.24, 2.45) is 0 Å². The standard InChI is InChI=1S/C21H22N4O3S2/c1-30(28)14-25-17-6-3-2-5-15(17)19(16(13-22)20(25)26)23-8-10-24(11-9-23)21(27)18-7-4-12-29-18/h2-3,5-7H,4,8-12,14H2,1H3. The second-order valence-corrected chi connectivity index (χ2v) is 9.81. The van der Waals surface area contributed by atoms with Gasteiger partial charge in [0.1, 0.15) is 17.5 Å². The Balaban J connectivity index is 1.70. The van der Waals surface area contributed by atoms with E-state index in [0.29, 0.717) is 37.4 Å². The molecule has 0 bridgehead atoms. The largest absolute Gasteiger partial charge is 0.366 e. The van der Waals surface area contributed by atoms with Gasteiger partial charge in [-0.1, -0.05) is 24.3 Å². The highest BCUT2D eigenvalue weighted by atomic mass is 32.2. The maximum atomic E-state index is 13.1. The van der Waals surface area contributed by atoms with Crippen LogP contribution in [0.5, 0.6) is 0 Å². The fourth-order valence-corrected chi connectivity index (χ4v) is 5.55. The Bertz CT molecular complexity index is 1160. The lowest BCUT2D eigenvalue weighted by Gasteiger charge is -2.37. The number of hydrogen-bond donors (Lipinski definition) is 0. The van der Waals surface area contributed by atoms with Crippen LogP contribution in [0.3, 0.4) is 0 Å². The van der Waals surface area contributed by atoms with Gasteiger partial charge in [-0.05, 0) is 12.5 Å². The Morgan fingerprint density at radius 1 is 1.23 bits per heavy atom. The number of anilines is 1. The van der Waals surface area contributed by atoms with Gasteiger partial charge in [0.2, 0.25) is 0 Å². The van der Waals surface area contributed by atoms with E-state index in [1.165, 1.54) is 10.8 Å². The number of carbonyl (C=O) groups is 1. The Hall–Kier alpha value is -2.57. The lowest BCUT2D eigenvalue weighted by atomic mass is 10.1. The molecule has 0 aliphatic carbocycles. The van der Waals surface area contributed by atoms with E-state index in [-0.39, 0.29) is 17.3 Å². The summed E-state index contributed by atoms with van der Waals surface area (Å²) in [5.74, 6) is 1.07. The molecule has 2 aromatic rings. The zero-order valence-electron chi connectivity index (χ0n) is 16.7. The van der Waals surface area contributed by atoms with E-state index in [4.69, 9.17) is 0 Å². The van der Waals surface area contributed by atoms with E-state index in [2.05, 4.69) is 6.07 Å². The topological polar surface area (TPSA) is 86.4 Å². The first-order valence-corrected chi connectivity index (χ1v) is 12.5. The number of piperazine rings is 1. The summed E-state index contributed by atoms with van der Waals surface area (Å²) in [5.41, 5.74) is 0.913. The molecule has 0 N–H and O–H groups in total. The van der Waals surface area contributed by atoms with Crippen LogP contribution >= 0.6 is 11.8 Å². The average molecular weight is 443 g/mol. The highest BCUT2D eigenvalue weighted by molar-refractivity contribution is 8.04. The van der Waals surface area contributed by atoms with Crippen LogP contribution in [-0.2, 0) is 21.5 Å². The minimum atomic E-state index is -1.23. The number of carbonyl (C=O) groups excluding carboxylic acids is 1. The van der Waals surface area contributed by atoms with Gasteiger partial charge >= 0.3 is 0 Å². The molecule has 0 saturated carbocycles. The third-order valence-corrected chi connectivity index (χ3v) is 7.08. The van der Waals surface area contributed by atoms with Crippen molar-refractivity contribution >= 4 is 45.1 Å². The molecular formula is C21H22N4O3S2. The van der Waals surface area contributed by atoms with Crippen molar-refractivity contribution in [3.05, 3.63) is 51.2 Å². The van der Waals surface area contributed by atoms with Gasteiger partial charge in [0.15, 0.2) is 0 Å². The lowest BCUT2D eigenvalue weighted by molar-refractivity contribution is -0.126. The van der Waals surface area contributed by atoms with Crippen molar-refractivity contribution < 1.29 is 9.00 Å². The molecule has 1 fully saturated rings. The smallest absolute Gasteiger partial charge is 0.271 e. The Kier molecular flexibility index (Phi) is 5.97. The van der Waals surface area contributed by atoms with Crippen molar-refractivity contribution in [3.8, 4) is 6.07 Å². The zero-order valence-corrected chi connectivity index (χ0v) is 18.3. The van der Waals surface area contributed by atoms with Gasteiger partial charge in [-0.25, -0.2) is 0 Å². The molecule has 1 unspecified atom stereocenters. The molecule has 156 valence electrons. The second kappa shape index (κ2) is 8.66. The summed E-state index contributed by atoms with van der Waals surface area (Å²) in [6, 6.07) is 9.48. The van der Waals surface area contributed by atoms with Crippen LogP contribution in [0.2, 0.25) is 0 Å². The molecule has 2 aliphatic heterocycles. The summed E-state index contributed by atoms with van der Waals surface area (Å²) < 4.78 is 13.2. The minimum absolute atomic E-state index is 0.0450. The van der Waals surface area contributed by atoms with Crippen LogP contribution in [0, 0.1) is 11.3 Å². The number of thioether (sulfide) groups is 1. The number of nitrogens with zero attached hydrogens (tertiary/aromatic N) is 4. The molecule has 1 saturated heterocycles. The van der Waals surface area contributed by atoms with Crippen LogP contribution in [-0.4, -0.2) is 57.8 Å². The van der Waals surface area contributed by atoms with E-state index >= 15 is 0 Å². The molecule has 7 nitrogen and oxygen atoms in total. The summed E-state index contributed by atoms with van der Waals surface area (Å²) in [6.07, 6.45) is 4.47. The van der Waals surface area contributed by atoms with Crippen molar-refractivity contribution in [1.29, 1.82) is 5.26 Å². The van der Waals surface area contributed by atoms with Crippen molar-refractivity contribution in [2.45, 2.75) is 12.3 Å². The van der Waals surface area contributed by atoms with E-state index in [1.807, 2.05) is 40.1 Å². The fourth-order valence-electron chi connectivity index (χ4n) is 3.98. The number of benzene rings is 1. The van der Waals surface area contributed by atoms with Crippen molar-refractivity contribution in [1.82, 2.24) is 9.47 Å². The minimum Gasteiger partial charge on any atom is -0.366 e. The molecular weight excluding hydrogens is 420 g/mol.